The molecule has 8 heteroatoms. The minimum atomic E-state index is -0.680. The van der Waals surface area contributed by atoms with Gasteiger partial charge in [-0.2, -0.15) is 0 Å². The van der Waals surface area contributed by atoms with Gasteiger partial charge in [-0.1, -0.05) is 23.7 Å². The molecule has 0 bridgehead atoms. The van der Waals surface area contributed by atoms with Crippen LogP contribution in [0.25, 0.3) is 0 Å². The fourth-order valence-corrected chi connectivity index (χ4v) is 3.07. The molecule has 0 radical (unpaired) electrons. The van der Waals surface area contributed by atoms with Crippen LogP contribution >= 0.6 is 11.6 Å². The second kappa shape index (κ2) is 7.17. The first kappa shape index (κ1) is 17.8. The number of hydrogen-bond acceptors (Lipinski definition) is 4. The molecule has 0 saturated carbocycles. The molecule has 140 valence electrons. The van der Waals surface area contributed by atoms with Gasteiger partial charge in [-0.15, -0.1) is 0 Å². The zero-order chi connectivity index (χ0) is 19.0. The van der Waals surface area contributed by atoms with Crippen LogP contribution in [0.5, 0.6) is 5.75 Å². The van der Waals surface area contributed by atoms with Crippen molar-refractivity contribution < 1.29 is 23.5 Å². The summed E-state index contributed by atoms with van der Waals surface area (Å²) < 4.78 is 25.2. The summed E-state index contributed by atoms with van der Waals surface area (Å²) in [6, 6.07) is 9.77. The average Bonchev–Trinajstić information content (AvgIpc) is 2.61. The van der Waals surface area contributed by atoms with Crippen molar-refractivity contribution in [3.8, 4) is 5.75 Å². The summed E-state index contributed by atoms with van der Waals surface area (Å²) in [5, 5.41) is 3.23. The second-order valence-corrected chi connectivity index (χ2v) is 6.87. The first-order valence-corrected chi connectivity index (χ1v) is 8.79. The molecule has 1 saturated heterocycles. The van der Waals surface area contributed by atoms with E-state index in [9.17, 15) is 14.0 Å². The third kappa shape index (κ3) is 3.74. The van der Waals surface area contributed by atoms with Crippen molar-refractivity contribution in [1.82, 2.24) is 4.90 Å². The van der Waals surface area contributed by atoms with E-state index in [1.807, 2.05) is 12.1 Å². The van der Waals surface area contributed by atoms with Gasteiger partial charge in [-0.25, -0.2) is 4.39 Å². The van der Waals surface area contributed by atoms with Crippen LogP contribution < -0.4 is 10.1 Å². The predicted molar refractivity (Wildman–Crippen MR) is 96.5 cm³/mol. The number of nitrogens with zero attached hydrogens (tertiary/aromatic N) is 1. The Labute approximate surface area is 159 Å². The molecular weight excluding hydrogens is 375 g/mol. The summed E-state index contributed by atoms with van der Waals surface area (Å²) in [6.45, 7) is 1.01. The van der Waals surface area contributed by atoms with Crippen LogP contribution in [-0.2, 0) is 16.1 Å². The van der Waals surface area contributed by atoms with E-state index in [-0.39, 0.29) is 29.9 Å². The summed E-state index contributed by atoms with van der Waals surface area (Å²) in [5.74, 6) is -1.24. The standard InChI is InChI=1S/C19H16ClFN2O4/c20-12-3-1-11(2-4-12)9-26-13-7-23(8-13)19(25)14-5-16-17(6-15(14)21)27-10-18(24)22-16/h1-6,13H,7-10H2,(H,22,24). The summed E-state index contributed by atoms with van der Waals surface area (Å²) in [5.41, 5.74) is 1.18. The van der Waals surface area contributed by atoms with Crippen molar-refractivity contribution in [2.24, 2.45) is 0 Å². The number of carbonyl (C=O) groups excluding carboxylic acids is 2. The lowest BCUT2D eigenvalue weighted by molar-refractivity contribution is -0.118. The Hall–Kier alpha value is -2.64. The SMILES string of the molecule is O=C1COc2cc(F)c(C(=O)N3CC(OCc4ccc(Cl)cc4)C3)cc2N1. The van der Waals surface area contributed by atoms with Crippen molar-refractivity contribution in [3.63, 3.8) is 0 Å². The lowest BCUT2D eigenvalue weighted by Gasteiger charge is -2.39. The van der Waals surface area contributed by atoms with Crippen molar-refractivity contribution in [3.05, 3.63) is 58.4 Å². The molecule has 6 nitrogen and oxygen atoms in total. The minimum absolute atomic E-state index is 0.101. The number of ether oxygens (including phenoxy) is 2. The third-order valence-corrected chi connectivity index (χ3v) is 4.72. The van der Waals surface area contributed by atoms with Gasteiger partial charge >= 0.3 is 0 Å². The molecule has 2 aliphatic heterocycles. The van der Waals surface area contributed by atoms with Gasteiger partial charge in [0, 0.05) is 24.2 Å². The first-order valence-electron chi connectivity index (χ1n) is 8.41. The number of fused-ring (bicyclic) bond motifs is 1. The zero-order valence-corrected chi connectivity index (χ0v) is 15.0. The molecule has 0 aliphatic carbocycles. The number of carbonyl (C=O) groups is 2. The van der Waals surface area contributed by atoms with E-state index in [2.05, 4.69) is 5.32 Å². The summed E-state index contributed by atoms with van der Waals surface area (Å²) in [7, 11) is 0. The van der Waals surface area contributed by atoms with Crippen molar-refractivity contribution in [2.45, 2.75) is 12.7 Å². The highest BCUT2D eigenvalue weighted by molar-refractivity contribution is 6.30. The van der Waals surface area contributed by atoms with Crippen LogP contribution in [0, 0.1) is 5.82 Å². The molecule has 2 aliphatic rings. The Balaban J connectivity index is 1.35. The summed E-state index contributed by atoms with van der Waals surface area (Å²) in [6.07, 6.45) is -0.103. The molecule has 1 N–H and O–H groups in total. The number of benzene rings is 2. The van der Waals surface area contributed by atoms with Gasteiger partial charge in [0.25, 0.3) is 11.8 Å². The number of rotatable bonds is 4. The maximum Gasteiger partial charge on any atom is 0.262 e. The summed E-state index contributed by atoms with van der Waals surface area (Å²) >= 11 is 5.84. The molecular formula is C19H16ClFN2O4. The lowest BCUT2D eigenvalue weighted by Crippen LogP contribution is -2.54. The fraction of sp³-hybridized carbons (Fsp3) is 0.263. The number of halogens is 2. The van der Waals surface area contributed by atoms with Crippen LogP contribution in [-0.4, -0.2) is 42.5 Å². The van der Waals surface area contributed by atoms with Gasteiger partial charge in [0.1, 0.15) is 11.6 Å². The van der Waals surface area contributed by atoms with Crippen molar-refractivity contribution in [1.29, 1.82) is 0 Å². The maximum absolute atomic E-state index is 14.3. The van der Waals surface area contributed by atoms with E-state index in [0.717, 1.165) is 11.6 Å². The van der Waals surface area contributed by atoms with Crippen LogP contribution in [0.4, 0.5) is 10.1 Å². The minimum Gasteiger partial charge on any atom is -0.481 e. The first-order chi connectivity index (χ1) is 13.0. The molecule has 2 heterocycles. The molecule has 2 aromatic rings. The third-order valence-electron chi connectivity index (χ3n) is 4.47. The van der Waals surface area contributed by atoms with Gasteiger partial charge < -0.3 is 19.7 Å². The molecule has 0 spiro atoms. The van der Waals surface area contributed by atoms with Crippen LogP contribution in [0.2, 0.25) is 5.02 Å². The monoisotopic (exact) mass is 390 g/mol. The number of amides is 2. The Kier molecular flexibility index (Phi) is 4.72. The smallest absolute Gasteiger partial charge is 0.262 e. The van der Waals surface area contributed by atoms with Crippen molar-refractivity contribution in [2.75, 3.05) is 25.0 Å². The highest BCUT2D eigenvalue weighted by Crippen LogP contribution is 2.31. The number of likely N-dealkylation sites (tertiary alicyclic amines) is 1. The molecule has 0 aromatic heterocycles. The molecule has 4 rings (SSSR count). The van der Waals surface area contributed by atoms with Gasteiger partial charge in [-0.05, 0) is 23.8 Å². The van der Waals surface area contributed by atoms with E-state index in [1.165, 1.54) is 11.0 Å². The normalized spacial score (nSPS) is 16.2. The predicted octanol–water partition coefficient (Wildman–Crippen LogP) is 2.85. The van der Waals surface area contributed by atoms with Gasteiger partial charge in [0.05, 0.1) is 24.0 Å². The Morgan fingerprint density at radius 1 is 1.30 bits per heavy atom. The van der Waals surface area contributed by atoms with Crippen LogP contribution in [0.1, 0.15) is 15.9 Å². The molecule has 2 amide bonds. The van der Waals surface area contributed by atoms with Crippen molar-refractivity contribution >= 4 is 29.1 Å². The van der Waals surface area contributed by atoms with Gasteiger partial charge in [0.15, 0.2) is 6.61 Å². The lowest BCUT2D eigenvalue weighted by atomic mass is 10.1. The average molecular weight is 391 g/mol. The maximum atomic E-state index is 14.3. The molecule has 2 aromatic carbocycles. The Bertz CT molecular complexity index is 897. The zero-order valence-electron chi connectivity index (χ0n) is 14.2. The topological polar surface area (TPSA) is 67.9 Å². The number of anilines is 1. The van der Waals surface area contributed by atoms with Gasteiger partial charge in [0.2, 0.25) is 0 Å². The molecule has 0 unspecified atom stereocenters. The summed E-state index contributed by atoms with van der Waals surface area (Å²) in [4.78, 5) is 25.4. The number of nitrogens with one attached hydrogen (secondary N) is 1. The van der Waals surface area contributed by atoms with E-state index < -0.39 is 11.7 Å². The Morgan fingerprint density at radius 2 is 2.04 bits per heavy atom. The fourth-order valence-electron chi connectivity index (χ4n) is 2.94. The second-order valence-electron chi connectivity index (χ2n) is 6.43. The highest BCUT2D eigenvalue weighted by atomic mass is 35.5. The Morgan fingerprint density at radius 3 is 2.78 bits per heavy atom. The van der Waals surface area contributed by atoms with Crippen LogP contribution in [0.15, 0.2) is 36.4 Å². The number of hydrogen-bond donors (Lipinski definition) is 1. The van der Waals surface area contributed by atoms with Gasteiger partial charge in [-0.3, -0.25) is 9.59 Å². The van der Waals surface area contributed by atoms with Crippen LogP contribution in [0.3, 0.4) is 0 Å². The molecule has 1 fully saturated rings. The van der Waals surface area contributed by atoms with E-state index in [4.69, 9.17) is 21.1 Å². The molecule has 27 heavy (non-hydrogen) atoms. The van der Waals surface area contributed by atoms with E-state index in [1.54, 1.807) is 12.1 Å². The van der Waals surface area contributed by atoms with E-state index >= 15 is 0 Å². The highest BCUT2D eigenvalue weighted by Gasteiger charge is 2.34. The largest absolute Gasteiger partial charge is 0.481 e. The molecule has 0 atom stereocenters. The quantitative estimate of drug-likeness (QED) is 0.871. The van der Waals surface area contributed by atoms with E-state index in [0.29, 0.717) is 30.4 Å².